The van der Waals surface area contributed by atoms with E-state index in [4.69, 9.17) is 10.5 Å². The monoisotopic (exact) mass is 416 g/mol. The predicted molar refractivity (Wildman–Crippen MR) is 103 cm³/mol. The largest absolute Gasteiger partial charge is 0.507 e. The van der Waals surface area contributed by atoms with E-state index in [-0.39, 0.29) is 36.2 Å². The third-order valence-corrected chi connectivity index (χ3v) is 5.56. The maximum atomic E-state index is 12.4. The molecule has 1 saturated carbocycles. The van der Waals surface area contributed by atoms with Crippen LogP contribution in [0.1, 0.15) is 40.0 Å². The van der Waals surface area contributed by atoms with Crippen molar-refractivity contribution in [1.82, 2.24) is 14.9 Å². The number of carboxylic acids is 1. The highest BCUT2D eigenvalue weighted by molar-refractivity contribution is 6.44. The molecule has 4 rings (SSSR count). The van der Waals surface area contributed by atoms with Crippen LogP contribution in [0.2, 0.25) is 5.82 Å². The predicted octanol–water partition coefficient (Wildman–Crippen LogP) is -0.567. The van der Waals surface area contributed by atoms with Gasteiger partial charge in [0, 0.05) is 12.0 Å². The van der Waals surface area contributed by atoms with Gasteiger partial charge in [-0.3, -0.25) is 4.79 Å². The average Bonchev–Trinajstić information content (AvgIpc) is 3.27. The number of H-pyrrole nitrogens is 1. The van der Waals surface area contributed by atoms with Gasteiger partial charge in [-0.15, -0.1) is 0 Å². The molecule has 1 unspecified atom stereocenters. The van der Waals surface area contributed by atoms with Crippen molar-refractivity contribution in [3.8, 4) is 11.5 Å². The summed E-state index contributed by atoms with van der Waals surface area (Å²) in [5.74, 6) is -2.90. The fourth-order valence-electron chi connectivity index (χ4n) is 3.73. The van der Waals surface area contributed by atoms with Gasteiger partial charge in [0.1, 0.15) is 29.2 Å². The average molecular weight is 416 g/mol. The standard InChI is InChI=1S/C18H21BN4O7/c20-15(12-4-21-7-22-12)17(25)23-5-8(6-23)30-13-2-1-9(10-3-11(10)19(28)29)16(24)14(13)18(26)27/h1-2,4,7-8,10-11,15,24,28-29H,3,5-6,20H2,(H,21,22)(H,26,27)/t10?,11-,15-/m1/s1. The van der Waals surface area contributed by atoms with E-state index >= 15 is 0 Å². The second kappa shape index (κ2) is 7.63. The molecule has 7 N–H and O–H groups in total. The smallest absolute Gasteiger partial charge is 0.455 e. The lowest BCUT2D eigenvalue weighted by molar-refractivity contribution is -0.141. The zero-order valence-corrected chi connectivity index (χ0v) is 15.8. The number of benzene rings is 1. The number of aromatic carboxylic acids is 1. The number of carbonyl (C=O) groups is 2. The summed E-state index contributed by atoms with van der Waals surface area (Å²) in [5.41, 5.74) is 6.27. The SMILES string of the molecule is N[C@@H](C(=O)N1CC(Oc2ccc(C3C[C@H]3B(O)O)c(O)c2C(=O)O)C1)c1c[nH]cn1. The number of aromatic nitrogens is 2. The second-order valence-corrected chi connectivity index (χ2v) is 7.56. The van der Waals surface area contributed by atoms with Gasteiger partial charge in [-0.25, -0.2) is 9.78 Å². The number of carbonyl (C=O) groups excluding carboxylic acids is 1. The Bertz CT molecular complexity index is 962. The van der Waals surface area contributed by atoms with Gasteiger partial charge < -0.3 is 40.6 Å². The minimum atomic E-state index is -1.52. The van der Waals surface area contributed by atoms with Gasteiger partial charge in [0.25, 0.3) is 0 Å². The van der Waals surface area contributed by atoms with Gasteiger partial charge in [0.15, 0.2) is 0 Å². The van der Waals surface area contributed by atoms with E-state index in [2.05, 4.69) is 9.97 Å². The Morgan fingerprint density at radius 1 is 1.33 bits per heavy atom. The minimum Gasteiger partial charge on any atom is -0.507 e. The van der Waals surface area contributed by atoms with E-state index in [1.807, 2.05) is 0 Å². The molecule has 2 fully saturated rings. The van der Waals surface area contributed by atoms with E-state index in [0.717, 1.165) is 0 Å². The molecule has 2 aromatic rings. The van der Waals surface area contributed by atoms with Crippen molar-refractivity contribution in [2.24, 2.45) is 5.73 Å². The molecule has 11 nitrogen and oxygen atoms in total. The first kappa shape index (κ1) is 20.2. The molecule has 1 saturated heterocycles. The molecular formula is C18H21BN4O7. The lowest BCUT2D eigenvalue weighted by Gasteiger charge is -2.40. The normalized spacial score (nSPS) is 21.6. The number of hydrogen-bond donors (Lipinski definition) is 6. The first-order valence-electron chi connectivity index (χ1n) is 9.43. The maximum Gasteiger partial charge on any atom is 0.455 e. The number of nitrogens with one attached hydrogen (secondary N) is 1. The number of nitrogens with zero attached hydrogens (tertiary/aromatic N) is 2. The Hall–Kier alpha value is -3.09. The second-order valence-electron chi connectivity index (χ2n) is 7.56. The number of likely N-dealkylation sites (tertiary alicyclic amines) is 1. The topological polar surface area (TPSA) is 182 Å². The van der Waals surface area contributed by atoms with Gasteiger partial charge in [0.05, 0.1) is 25.1 Å². The van der Waals surface area contributed by atoms with Crippen molar-refractivity contribution in [2.75, 3.05) is 13.1 Å². The summed E-state index contributed by atoms with van der Waals surface area (Å²) in [4.78, 5) is 32.3. The Kier molecular flexibility index (Phi) is 5.14. The zero-order chi connectivity index (χ0) is 21.6. The first-order valence-corrected chi connectivity index (χ1v) is 9.43. The van der Waals surface area contributed by atoms with E-state index in [1.165, 1.54) is 23.4 Å². The fraction of sp³-hybridized carbons (Fsp3) is 0.389. The number of aromatic hydroxyl groups is 1. The summed E-state index contributed by atoms with van der Waals surface area (Å²) in [6, 6.07) is 2.07. The summed E-state index contributed by atoms with van der Waals surface area (Å²) >= 11 is 0. The third kappa shape index (κ3) is 3.60. The van der Waals surface area contributed by atoms with Gasteiger partial charge in [-0.05, 0) is 24.0 Å². The van der Waals surface area contributed by atoms with Gasteiger partial charge in [0.2, 0.25) is 5.91 Å². The van der Waals surface area contributed by atoms with E-state index in [9.17, 15) is 29.9 Å². The van der Waals surface area contributed by atoms with Crippen LogP contribution >= 0.6 is 0 Å². The summed E-state index contributed by atoms with van der Waals surface area (Å²) in [7, 11) is -1.52. The fourth-order valence-corrected chi connectivity index (χ4v) is 3.73. The summed E-state index contributed by atoms with van der Waals surface area (Å²) in [6.45, 7) is 0.444. The molecule has 2 heterocycles. The van der Waals surface area contributed by atoms with Crippen molar-refractivity contribution in [3.05, 3.63) is 41.5 Å². The van der Waals surface area contributed by atoms with Crippen LogP contribution < -0.4 is 10.5 Å². The van der Waals surface area contributed by atoms with Crippen LogP contribution in [0, 0.1) is 0 Å². The molecule has 1 aliphatic carbocycles. The van der Waals surface area contributed by atoms with Crippen LogP contribution in [0.5, 0.6) is 11.5 Å². The summed E-state index contributed by atoms with van der Waals surface area (Å²) < 4.78 is 5.71. The third-order valence-electron chi connectivity index (χ3n) is 5.56. The molecule has 30 heavy (non-hydrogen) atoms. The Labute approximate surface area is 171 Å². The number of nitrogens with two attached hydrogens (primary N) is 1. The number of ether oxygens (including phenoxy) is 1. The van der Waals surface area contributed by atoms with Crippen LogP contribution in [0.15, 0.2) is 24.7 Å². The number of carboxylic acid groups (broad SMARTS) is 1. The molecule has 2 aliphatic rings. The number of aromatic amines is 1. The number of rotatable bonds is 7. The molecule has 3 atom stereocenters. The Morgan fingerprint density at radius 3 is 2.63 bits per heavy atom. The molecule has 158 valence electrons. The number of phenols is 1. The maximum absolute atomic E-state index is 12.4. The number of amides is 1. The Balaban J connectivity index is 1.42. The van der Waals surface area contributed by atoms with Crippen molar-refractivity contribution in [3.63, 3.8) is 0 Å². The van der Waals surface area contributed by atoms with Crippen LogP contribution in [0.3, 0.4) is 0 Å². The summed E-state index contributed by atoms with van der Waals surface area (Å²) in [6.07, 6.45) is 2.97. The van der Waals surface area contributed by atoms with Crippen LogP contribution in [0.25, 0.3) is 0 Å². The quantitative estimate of drug-likeness (QED) is 0.322. The number of imidazole rings is 1. The van der Waals surface area contributed by atoms with E-state index in [1.54, 1.807) is 6.20 Å². The molecule has 0 spiro atoms. The summed E-state index contributed by atoms with van der Waals surface area (Å²) in [5, 5.41) is 38.5. The van der Waals surface area contributed by atoms with Gasteiger partial charge in [-0.1, -0.05) is 6.07 Å². The first-order chi connectivity index (χ1) is 14.3. The van der Waals surface area contributed by atoms with Crippen molar-refractivity contribution >= 4 is 19.0 Å². The molecule has 0 bridgehead atoms. The Morgan fingerprint density at radius 2 is 2.07 bits per heavy atom. The van der Waals surface area contributed by atoms with Gasteiger partial charge in [-0.2, -0.15) is 0 Å². The lowest BCUT2D eigenvalue weighted by atomic mass is 9.81. The molecule has 1 aromatic carbocycles. The molecular weight excluding hydrogens is 395 g/mol. The molecule has 1 aliphatic heterocycles. The molecule has 1 amide bonds. The number of hydrogen-bond acceptors (Lipinski definition) is 8. The highest BCUT2D eigenvalue weighted by atomic mass is 16.5. The van der Waals surface area contributed by atoms with Crippen LogP contribution in [0.4, 0.5) is 0 Å². The lowest BCUT2D eigenvalue weighted by Crippen LogP contribution is -2.58. The van der Waals surface area contributed by atoms with E-state index < -0.39 is 36.8 Å². The highest BCUT2D eigenvalue weighted by Gasteiger charge is 2.48. The van der Waals surface area contributed by atoms with Crippen molar-refractivity contribution < 1.29 is 34.6 Å². The van der Waals surface area contributed by atoms with Crippen molar-refractivity contribution in [1.29, 1.82) is 0 Å². The molecule has 12 heteroatoms. The minimum absolute atomic E-state index is 0.0146. The zero-order valence-electron chi connectivity index (χ0n) is 15.8. The van der Waals surface area contributed by atoms with Crippen molar-refractivity contribution in [2.45, 2.75) is 30.3 Å². The molecule has 0 radical (unpaired) electrons. The highest BCUT2D eigenvalue weighted by Crippen LogP contribution is 2.56. The van der Waals surface area contributed by atoms with Crippen LogP contribution in [-0.4, -0.2) is 73.3 Å². The van der Waals surface area contributed by atoms with Gasteiger partial charge >= 0.3 is 13.1 Å². The van der Waals surface area contributed by atoms with E-state index in [0.29, 0.717) is 17.7 Å². The molecule has 1 aromatic heterocycles. The van der Waals surface area contributed by atoms with Crippen LogP contribution in [-0.2, 0) is 4.79 Å².